The summed E-state index contributed by atoms with van der Waals surface area (Å²) in [5.41, 5.74) is -2.12. The van der Waals surface area contributed by atoms with Gasteiger partial charge in [-0.15, -0.1) is 0 Å². The zero-order valence-corrected chi connectivity index (χ0v) is 21.0. The second kappa shape index (κ2) is 9.59. The van der Waals surface area contributed by atoms with Crippen LogP contribution in [0.1, 0.15) is 40.4 Å². The Morgan fingerprint density at radius 3 is 1.90 bits per heavy atom. The van der Waals surface area contributed by atoms with Crippen LogP contribution in [0.2, 0.25) is 0 Å². The molecule has 11 nitrogen and oxygen atoms in total. The fourth-order valence-electron chi connectivity index (χ4n) is 2.74. The van der Waals surface area contributed by atoms with E-state index in [-0.39, 0.29) is 30.5 Å². The third-order valence-corrected chi connectivity index (χ3v) is 12.0. The molecule has 0 spiro atoms. The van der Waals surface area contributed by atoms with Crippen LogP contribution in [-0.4, -0.2) is 59.9 Å². The van der Waals surface area contributed by atoms with Gasteiger partial charge < -0.3 is 0 Å². The minimum absolute atomic E-state index is 0.0600. The Kier molecular flexibility index (Phi) is 7.63. The van der Waals surface area contributed by atoms with Crippen molar-refractivity contribution in [1.82, 2.24) is 0 Å². The summed E-state index contributed by atoms with van der Waals surface area (Å²) in [5.74, 6) is -3.82. The predicted octanol–water partition coefficient (Wildman–Crippen LogP) is 1.48. The van der Waals surface area contributed by atoms with Gasteiger partial charge in [-0.1, -0.05) is 0 Å². The average Bonchev–Trinajstić information content (AvgIpc) is 3.15. The van der Waals surface area contributed by atoms with E-state index in [0.717, 1.165) is 20.8 Å². The van der Waals surface area contributed by atoms with Crippen LogP contribution in [0.3, 0.4) is 0 Å². The maximum absolute atomic E-state index is 13.2. The predicted molar refractivity (Wildman–Crippen MR) is 97.8 cm³/mol. The van der Waals surface area contributed by atoms with Crippen molar-refractivity contribution in [3.05, 3.63) is 35.7 Å². The molecule has 0 saturated heterocycles. The summed E-state index contributed by atoms with van der Waals surface area (Å²) in [4.78, 5) is 48.4. The van der Waals surface area contributed by atoms with Crippen LogP contribution in [0, 0.1) is 0 Å². The number of ketones is 1. The van der Waals surface area contributed by atoms with Crippen LogP contribution < -0.4 is 0 Å². The molecule has 0 aromatic carbocycles. The number of furan rings is 1. The Morgan fingerprint density at radius 2 is 1.50 bits per heavy atom. The molecule has 30 heavy (non-hydrogen) atoms. The third kappa shape index (κ3) is 4.66. The first-order valence-corrected chi connectivity index (χ1v) is 15.3. The van der Waals surface area contributed by atoms with E-state index in [4.69, 9.17) is 24.6 Å². The van der Waals surface area contributed by atoms with Gasteiger partial charge in [0.1, 0.15) is 0 Å². The second-order valence-electron chi connectivity index (χ2n) is 5.89. The molecule has 2 rings (SSSR count). The summed E-state index contributed by atoms with van der Waals surface area (Å²) < 4.78 is 37.5. The molecular weight excluding hydrogens is 599 g/mol. The van der Waals surface area contributed by atoms with E-state index in [1.54, 1.807) is 13.8 Å². The quantitative estimate of drug-likeness (QED) is 0.352. The number of ether oxygens (including phenoxy) is 2. The summed E-state index contributed by atoms with van der Waals surface area (Å²) in [6.07, 6.45) is 1.28. The van der Waals surface area contributed by atoms with Gasteiger partial charge in [-0.2, -0.15) is 0 Å². The normalized spacial score (nSPS) is 18.4. The van der Waals surface area contributed by atoms with Crippen molar-refractivity contribution in [3.8, 4) is 0 Å². The molecule has 0 N–H and O–H groups in total. The van der Waals surface area contributed by atoms with Gasteiger partial charge in [0.15, 0.2) is 0 Å². The van der Waals surface area contributed by atoms with Crippen molar-refractivity contribution in [1.29, 1.82) is 0 Å². The Balaban J connectivity index is 2.69. The molecule has 0 radical (unpaired) electrons. The zero-order chi connectivity index (χ0) is 22.5. The Labute approximate surface area is 179 Å². The SMILES string of the molecule is CCOC1=C(OCC)C([O][Pb]([O]C(C)=O)([O]C(C)=O)[O]C(C)=O)(c2ccco2)C1=O. The van der Waals surface area contributed by atoms with E-state index >= 15 is 0 Å². The van der Waals surface area contributed by atoms with Crippen LogP contribution in [-0.2, 0) is 45.0 Å². The molecule has 1 aliphatic rings. The Morgan fingerprint density at radius 1 is 0.967 bits per heavy atom. The van der Waals surface area contributed by atoms with E-state index in [1.165, 1.54) is 18.4 Å². The van der Waals surface area contributed by atoms with Crippen molar-refractivity contribution in [2.75, 3.05) is 13.2 Å². The molecule has 1 atom stereocenters. The molecule has 0 fully saturated rings. The molecule has 0 bridgehead atoms. The molecular formula is C18H22O11Pb. The number of rotatable bonds is 10. The van der Waals surface area contributed by atoms with E-state index in [2.05, 4.69) is 0 Å². The van der Waals surface area contributed by atoms with Gasteiger partial charge >= 0.3 is 180 Å². The van der Waals surface area contributed by atoms with Gasteiger partial charge in [0.2, 0.25) is 0 Å². The third-order valence-electron chi connectivity index (χ3n) is 3.58. The molecule has 164 valence electrons. The number of carbonyl (C=O) groups excluding carboxylic acids is 4. The van der Waals surface area contributed by atoms with Gasteiger partial charge in [-0.05, 0) is 0 Å². The fraction of sp³-hybridized carbons (Fsp3) is 0.444. The maximum atomic E-state index is 13.2. The summed E-state index contributed by atoms with van der Waals surface area (Å²) >= 11 is -6.04. The standard InChI is InChI=1S/C12H13O5.3C2H4O2.Pb/c1-3-15-9-10(13)12(14,11(9)16-4-2)8-6-5-7-17-8;3*1-2(3)4;/h5-7H,3-4H2,1-2H3;3*1H3,(H,3,4);/q-1;;;;+4/p-3. The van der Waals surface area contributed by atoms with Crippen molar-refractivity contribution in [2.24, 2.45) is 0 Å². The summed E-state index contributed by atoms with van der Waals surface area (Å²) in [6.45, 7) is 6.63. The second-order valence-corrected chi connectivity index (χ2v) is 13.0. The van der Waals surface area contributed by atoms with E-state index in [0.29, 0.717) is 0 Å². The monoisotopic (exact) mass is 622 g/mol. The number of Topliss-reactive ketones (excluding diaryl/α,β-unsaturated/α-hetero) is 1. The minimum atomic E-state index is -6.04. The van der Waals surface area contributed by atoms with Gasteiger partial charge in [-0.25, -0.2) is 0 Å². The molecule has 0 saturated carbocycles. The van der Waals surface area contributed by atoms with Gasteiger partial charge in [0.05, 0.1) is 0 Å². The summed E-state index contributed by atoms with van der Waals surface area (Å²) in [7, 11) is 0. The first-order chi connectivity index (χ1) is 14.1. The average molecular weight is 622 g/mol. The van der Waals surface area contributed by atoms with Crippen molar-refractivity contribution < 1.29 is 43.8 Å². The van der Waals surface area contributed by atoms with Crippen molar-refractivity contribution in [3.63, 3.8) is 0 Å². The summed E-state index contributed by atoms with van der Waals surface area (Å²) in [6, 6.07) is 2.89. The van der Waals surface area contributed by atoms with Gasteiger partial charge in [0.25, 0.3) is 0 Å². The van der Waals surface area contributed by atoms with Crippen LogP contribution in [0.4, 0.5) is 0 Å². The molecule has 12 heteroatoms. The van der Waals surface area contributed by atoms with E-state index in [9.17, 15) is 19.2 Å². The van der Waals surface area contributed by atoms with Crippen LogP contribution in [0.5, 0.6) is 0 Å². The zero-order valence-electron chi connectivity index (χ0n) is 17.1. The Bertz CT molecular complexity index is 817. The molecule has 0 amide bonds. The summed E-state index contributed by atoms with van der Waals surface area (Å²) in [5, 5.41) is 0. The first-order valence-electron chi connectivity index (χ1n) is 8.99. The number of hydrogen-bond acceptors (Lipinski definition) is 11. The van der Waals surface area contributed by atoms with Gasteiger partial charge in [0, 0.05) is 0 Å². The van der Waals surface area contributed by atoms with E-state index < -0.39 is 52.3 Å². The van der Waals surface area contributed by atoms with Crippen molar-refractivity contribution >= 4 is 46.7 Å². The van der Waals surface area contributed by atoms with E-state index in [1.807, 2.05) is 0 Å². The van der Waals surface area contributed by atoms with Crippen LogP contribution in [0.25, 0.3) is 0 Å². The first kappa shape index (κ1) is 23.9. The van der Waals surface area contributed by atoms with Crippen LogP contribution in [0.15, 0.2) is 34.3 Å². The molecule has 1 heterocycles. The number of carbonyl (C=O) groups is 4. The van der Waals surface area contributed by atoms with Gasteiger partial charge in [-0.3, -0.25) is 0 Å². The molecule has 1 aromatic rings. The van der Waals surface area contributed by atoms with Crippen molar-refractivity contribution in [2.45, 2.75) is 40.2 Å². The topological polar surface area (TPSA) is 137 Å². The molecule has 1 unspecified atom stereocenters. The fourth-order valence-corrected chi connectivity index (χ4v) is 10.4. The molecule has 1 aliphatic carbocycles. The number of hydrogen-bond donors (Lipinski definition) is 0. The molecule has 1 aromatic heterocycles. The molecule has 0 aliphatic heterocycles. The Hall–Kier alpha value is -2.42. The van der Waals surface area contributed by atoms with Crippen LogP contribution >= 0.6 is 0 Å².